The van der Waals surface area contributed by atoms with Gasteiger partial charge in [-0.15, -0.1) is 23.7 Å². The van der Waals surface area contributed by atoms with E-state index in [1.54, 1.807) is 18.3 Å². The summed E-state index contributed by atoms with van der Waals surface area (Å²) in [6, 6.07) is 0.653. The van der Waals surface area contributed by atoms with Crippen LogP contribution in [0.3, 0.4) is 0 Å². The first kappa shape index (κ1) is 16.7. The predicted molar refractivity (Wildman–Crippen MR) is 88.0 cm³/mol. The van der Waals surface area contributed by atoms with Gasteiger partial charge < -0.3 is 5.73 Å². The largest absolute Gasteiger partial charge is 0.326 e. The molecule has 0 aromatic carbocycles. The molecule has 2 aliphatic rings. The summed E-state index contributed by atoms with van der Waals surface area (Å²) in [4.78, 5) is 20.6. The summed E-state index contributed by atoms with van der Waals surface area (Å²) >= 11 is 1.58. The fourth-order valence-electron chi connectivity index (χ4n) is 2.81. The van der Waals surface area contributed by atoms with E-state index in [0.717, 1.165) is 43.3 Å². The lowest BCUT2D eigenvalue weighted by molar-refractivity contribution is -0.116. The van der Waals surface area contributed by atoms with Gasteiger partial charge in [-0.05, 0) is 18.8 Å². The van der Waals surface area contributed by atoms with E-state index in [4.69, 9.17) is 5.73 Å². The number of halogens is 1. The lowest BCUT2D eigenvalue weighted by Gasteiger charge is -2.17. The summed E-state index contributed by atoms with van der Waals surface area (Å²) in [5.41, 5.74) is 7.10. The Morgan fingerprint density at radius 3 is 2.76 bits per heavy atom. The normalized spacial score (nSPS) is 25.7. The fraction of sp³-hybridized carbons (Fsp3) is 0.714. The minimum atomic E-state index is 0. The first-order chi connectivity index (χ1) is 9.54. The van der Waals surface area contributed by atoms with Gasteiger partial charge in [0.1, 0.15) is 0 Å². The van der Waals surface area contributed by atoms with E-state index < -0.39 is 0 Å². The number of hydrogen-bond acceptors (Lipinski definition) is 5. The number of anilines is 1. The first-order valence-corrected chi connectivity index (χ1v) is 8.14. The Balaban J connectivity index is 0.00000161. The summed E-state index contributed by atoms with van der Waals surface area (Å²) in [7, 11) is 0. The number of nitrogens with two attached hydrogens (primary N) is 1. The molecule has 118 valence electrons. The molecule has 2 N–H and O–H groups in total. The number of aromatic nitrogens is 1. The van der Waals surface area contributed by atoms with Crippen molar-refractivity contribution in [3.63, 3.8) is 0 Å². The topological polar surface area (TPSA) is 62.5 Å². The van der Waals surface area contributed by atoms with Crippen molar-refractivity contribution in [2.45, 2.75) is 45.3 Å². The molecule has 2 fully saturated rings. The summed E-state index contributed by atoms with van der Waals surface area (Å²) in [5.74, 6) is 0.651. The van der Waals surface area contributed by atoms with Crippen LogP contribution >= 0.6 is 23.7 Å². The third-order valence-electron chi connectivity index (χ3n) is 4.13. The lowest BCUT2D eigenvalue weighted by Crippen LogP contribution is -2.30. The maximum absolute atomic E-state index is 11.7. The van der Waals surface area contributed by atoms with Crippen LogP contribution < -0.4 is 10.6 Å². The van der Waals surface area contributed by atoms with Gasteiger partial charge in [0.2, 0.25) is 5.91 Å². The highest BCUT2D eigenvalue weighted by Gasteiger charge is 2.34. The highest BCUT2D eigenvalue weighted by Crippen LogP contribution is 2.34. The van der Waals surface area contributed by atoms with Gasteiger partial charge in [-0.1, -0.05) is 6.92 Å². The number of thiazole rings is 1. The molecule has 1 aliphatic heterocycles. The van der Waals surface area contributed by atoms with Crippen molar-refractivity contribution in [3.05, 3.63) is 11.1 Å². The van der Waals surface area contributed by atoms with Crippen LogP contribution in [0.4, 0.5) is 5.13 Å². The Hall–Kier alpha value is -0.690. The molecule has 2 atom stereocenters. The van der Waals surface area contributed by atoms with Crippen molar-refractivity contribution in [2.24, 2.45) is 11.7 Å². The minimum absolute atomic E-state index is 0. The van der Waals surface area contributed by atoms with Crippen molar-refractivity contribution >= 4 is 34.8 Å². The number of rotatable bonds is 4. The van der Waals surface area contributed by atoms with E-state index in [9.17, 15) is 4.79 Å². The standard InChI is InChI=1S/C14H22N4OS.ClH/c1-9-5-17(7-13(9)15)6-11-8-20-14(16-11)18(10(2)19)12-3-4-12;/h8-9,12-13H,3-7,15H2,1-2H3;1H. The number of likely N-dealkylation sites (tertiary alicyclic amines) is 1. The van der Waals surface area contributed by atoms with E-state index in [2.05, 4.69) is 22.2 Å². The van der Waals surface area contributed by atoms with Gasteiger partial charge in [0.15, 0.2) is 5.13 Å². The molecule has 21 heavy (non-hydrogen) atoms. The van der Waals surface area contributed by atoms with Gasteiger partial charge in [0.05, 0.1) is 5.69 Å². The van der Waals surface area contributed by atoms with Crippen LogP contribution in [-0.2, 0) is 11.3 Å². The number of nitrogens with zero attached hydrogens (tertiary/aromatic N) is 3. The summed E-state index contributed by atoms with van der Waals surface area (Å²) in [6.07, 6.45) is 2.21. The van der Waals surface area contributed by atoms with E-state index in [0.29, 0.717) is 12.0 Å². The molecule has 1 aliphatic carbocycles. The molecule has 1 aromatic heterocycles. The molecule has 0 bridgehead atoms. The van der Waals surface area contributed by atoms with Crippen LogP contribution in [-0.4, -0.2) is 41.0 Å². The average molecular weight is 331 g/mol. The zero-order valence-corrected chi connectivity index (χ0v) is 14.1. The highest BCUT2D eigenvalue weighted by atomic mass is 35.5. The zero-order chi connectivity index (χ0) is 14.3. The average Bonchev–Trinajstić information content (AvgIpc) is 3.00. The second-order valence-electron chi connectivity index (χ2n) is 6.08. The van der Waals surface area contributed by atoms with Crippen LogP contribution in [0.15, 0.2) is 5.38 Å². The highest BCUT2D eigenvalue weighted by molar-refractivity contribution is 7.14. The van der Waals surface area contributed by atoms with Crippen molar-refractivity contribution in [1.29, 1.82) is 0 Å². The Kier molecular flexibility index (Phi) is 5.24. The lowest BCUT2D eigenvalue weighted by atomic mass is 10.1. The Bertz CT molecular complexity index is 495. The summed E-state index contributed by atoms with van der Waals surface area (Å²) in [5, 5.41) is 2.92. The third kappa shape index (κ3) is 3.74. The fourth-order valence-corrected chi connectivity index (χ4v) is 3.74. The molecule has 1 aromatic rings. The van der Waals surface area contributed by atoms with E-state index in [1.807, 2.05) is 4.90 Å². The summed E-state index contributed by atoms with van der Waals surface area (Å²) < 4.78 is 0. The molecule has 0 radical (unpaired) electrons. The third-order valence-corrected chi connectivity index (χ3v) is 5.02. The number of carbonyl (C=O) groups is 1. The molecule has 1 saturated carbocycles. The Morgan fingerprint density at radius 1 is 1.52 bits per heavy atom. The molecular weight excluding hydrogens is 308 g/mol. The number of amides is 1. The minimum Gasteiger partial charge on any atom is -0.326 e. The second kappa shape index (κ2) is 6.60. The Labute approximate surface area is 135 Å². The molecule has 7 heteroatoms. The van der Waals surface area contributed by atoms with E-state index in [1.165, 1.54) is 0 Å². The number of hydrogen-bond donors (Lipinski definition) is 1. The van der Waals surface area contributed by atoms with Crippen LogP contribution in [0.5, 0.6) is 0 Å². The maximum Gasteiger partial charge on any atom is 0.225 e. The van der Waals surface area contributed by atoms with Gasteiger partial charge in [0.25, 0.3) is 0 Å². The zero-order valence-electron chi connectivity index (χ0n) is 12.5. The molecule has 3 rings (SSSR count). The molecular formula is C14H23ClN4OS. The predicted octanol–water partition coefficient (Wildman–Crippen LogP) is 1.86. The van der Waals surface area contributed by atoms with E-state index in [-0.39, 0.29) is 24.4 Å². The second-order valence-corrected chi connectivity index (χ2v) is 6.91. The van der Waals surface area contributed by atoms with Crippen molar-refractivity contribution < 1.29 is 4.79 Å². The molecule has 1 amide bonds. The van der Waals surface area contributed by atoms with Gasteiger partial charge in [-0.2, -0.15) is 0 Å². The molecule has 0 spiro atoms. The smallest absolute Gasteiger partial charge is 0.225 e. The molecule has 2 heterocycles. The summed E-state index contributed by atoms with van der Waals surface area (Å²) in [6.45, 7) is 6.63. The number of carbonyl (C=O) groups excluding carboxylic acids is 1. The van der Waals surface area contributed by atoms with Crippen LogP contribution in [0, 0.1) is 5.92 Å². The van der Waals surface area contributed by atoms with Gasteiger partial charge in [-0.25, -0.2) is 4.98 Å². The van der Waals surface area contributed by atoms with Gasteiger partial charge in [0, 0.05) is 44.0 Å². The quantitative estimate of drug-likeness (QED) is 0.915. The molecule has 2 unspecified atom stereocenters. The van der Waals surface area contributed by atoms with Crippen molar-refractivity contribution in [2.75, 3.05) is 18.0 Å². The monoisotopic (exact) mass is 330 g/mol. The van der Waals surface area contributed by atoms with Crippen LogP contribution in [0.2, 0.25) is 0 Å². The maximum atomic E-state index is 11.7. The molecule has 1 saturated heterocycles. The molecule has 5 nitrogen and oxygen atoms in total. The van der Waals surface area contributed by atoms with Gasteiger partial charge in [-0.3, -0.25) is 14.6 Å². The SMILES string of the molecule is CC(=O)N(c1nc(CN2CC(C)C(N)C2)cs1)C1CC1.Cl. The van der Waals surface area contributed by atoms with Crippen molar-refractivity contribution in [1.82, 2.24) is 9.88 Å². The first-order valence-electron chi connectivity index (χ1n) is 7.26. The van der Waals surface area contributed by atoms with Gasteiger partial charge >= 0.3 is 0 Å². The van der Waals surface area contributed by atoms with E-state index >= 15 is 0 Å². The Morgan fingerprint density at radius 2 is 2.24 bits per heavy atom. The van der Waals surface area contributed by atoms with Crippen LogP contribution in [0.25, 0.3) is 0 Å². The van der Waals surface area contributed by atoms with Crippen LogP contribution in [0.1, 0.15) is 32.4 Å². The van der Waals surface area contributed by atoms with Crippen molar-refractivity contribution in [3.8, 4) is 0 Å².